The van der Waals surface area contributed by atoms with Crippen molar-refractivity contribution in [2.45, 2.75) is 45.3 Å². The van der Waals surface area contributed by atoms with E-state index in [1.807, 2.05) is 20.8 Å². The first-order valence-corrected chi connectivity index (χ1v) is 10.2. The van der Waals surface area contributed by atoms with Gasteiger partial charge in [-0.15, -0.1) is 0 Å². The Morgan fingerprint density at radius 2 is 2.17 bits per heavy atom. The van der Waals surface area contributed by atoms with Crippen molar-refractivity contribution in [3.8, 4) is 0 Å². The van der Waals surface area contributed by atoms with Crippen LogP contribution >= 0.6 is 11.6 Å². The molecule has 164 valence electrons. The third kappa shape index (κ3) is 5.34. The largest absolute Gasteiger partial charge is 0.444 e. The molecule has 0 saturated carbocycles. The summed E-state index contributed by atoms with van der Waals surface area (Å²) in [7, 11) is 1.46. The van der Waals surface area contributed by atoms with Gasteiger partial charge in [-0.1, -0.05) is 11.6 Å². The first-order chi connectivity index (χ1) is 14.2. The van der Waals surface area contributed by atoms with E-state index in [9.17, 15) is 9.59 Å². The number of carbonyl (C=O) groups is 2. The van der Waals surface area contributed by atoms with Crippen LogP contribution in [0.3, 0.4) is 0 Å². The van der Waals surface area contributed by atoms with Crippen molar-refractivity contribution in [1.29, 1.82) is 0 Å². The fourth-order valence-corrected chi connectivity index (χ4v) is 3.82. The first kappa shape index (κ1) is 22.2. The second-order valence-electron chi connectivity index (χ2n) is 8.29. The molecule has 0 radical (unpaired) electrons. The number of nitrogens with zero attached hydrogens (tertiary/aromatic N) is 2. The van der Waals surface area contributed by atoms with E-state index < -0.39 is 11.7 Å². The molecule has 2 amide bonds. The third-order valence-corrected chi connectivity index (χ3v) is 4.91. The second-order valence-corrected chi connectivity index (χ2v) is 8.70. The molecule has 0 bridgehead atoms. The molecule has 2 aromatic heterocycles. The van der Waals surface area contributed by atoms with Crippen LogP contribution in [0.1, 0.15) is 33.6 Å². The zero-order valence-electron chi connectivity index (χ0n) is 17.7. The Balaban J connectivity index is 1.84. The highest BCUT2D eigenvalue weighted by Crippen LogP contribution is 2.38. The number of fused-ring (bicyclic) bond motifs is 1. The molecule has 3 N–H and O–H groups in total. The molecule has 0 spiro atoms. The molecule has 3 heterocycles. The van der Waals surface area contributed by atoms with Gasteiger partial charge >= 0.3 is 6.09 Å². The van der Waals surface area contributed by atoms with Crippen LogP contribution in [0, 0.1) is 0 Å². The number of H-pyrrole nitrogens is 1. The predicted octanol–water partition coefficient (Wildman–Crippen LogP) is 3.29. The van der Waals surface area contributed by atoms with Gasteiger partial charge in [-0.3, -0.25) is 4.79 Å². The zero-order chi connectivity index (χ0) is 21.9. The summed E-state index contributed by atoms with van der Waals surface area (Å²) >= 11 is 6.54. The van der Waals surface area contributed by atoms with Crippen molar-refractivity contribution in [3.63, 3.8) is 0 Å². The van der Waals surface area contributed by atoms with E-state index in [0.717, 1.165) is 30.5 Å². The molecule has 3 rings (SSSR count). The number of methoxy groups -OCH3 is 1. The minimum Gasteiger partial charge on any atom is -0.444 e. The van der Waals surface area contributed by atoms with Crippen LogP contribution in [0.2, 0.25) is 5.02 Å². The highest BCUT2D eigenvalue weighted by molar-refractivity contribution is 6.35. The van der Waals surface area contributed by atoms with E-state index >= 15 is 0 Å². The molecule has 2 aromatic rings. The number of amides is 2. The quantitative estimate of drug-likeness (QED) is 0.662. The van der Waals surface area contributed by atoms with E-state index in [2.05, 4.69) is 25.5 Å². The smallest absolute Gasteiger partial charge is 0.407 e. The number of carbonyl (C=O) groups excluding carboxylic acids is 2. The van der Waals surface area contributed by atoms with Crippen molar-refractivity contribution in [3.05, 3.63) is 17.4 Å². The van der Waals surface area contributed by atoms with Crippen molar-refractivity contribution in [2.75, 3.05) is 37.0 Å². The van der Waals surface area contributed by atoms with E-state index in [0.29, 0.717) is 22.9 Å². The van der Waals surface area contributed by atoms with Gasteiger partial charge in [-0.2, -0.15) is 0 Å². The van der Waals surface area contributed by atoms with Crippen molar-refractivity contribution in [2.24, 2.45) is 0 Å². The molecule has 30 heavy (non-hydrogen) atoms. The fourth-order valence-electron chi connectivity index (χ4n) is 3.55. The second kappa shape index (κ2) is 9.09. The number of anilines is 2. The Morgan fingerprint density at radius 1 is 1.40 bits per heavy atom. The lowest BCUT2D eigenvalue weighted by molar-refractivity contribution is -0.119. The number of aromatic nitrogens is 2. The lowest BCUT2D eigenvalue weighted by Gasteiger charge is -2.36. The Labute approximate surface area is 180 Å². The van der Waals surface area contributed by atoms with Crippen molar-refractivity contribution >= 4 is 46.0 Å². The summed E-state index contributed by atoms with van der Waals surface area (Å²) in [5.74, 6) is -0.271. The normalized spacial score (nSPS) is 17.1. The van der Waals surface area contributed by atoms with Gasteiger partial charge in [0.05, 0.1) is 28.0 Å². The molecular formula is C20H28ClN5O4. The summed E-state index contributed by atoms with van der Waals surface area (Å²) < 4.78 is 10.3. The van der Waals surface area contributed by atoms with Gasteiger partial charge in [0.2, 0.25) is 5.91 Å². The number of halogens is 1. The number of nitrogens with one attached hydrogen (secondary N) is 3. The molecule has 0 aromatic carbocycles. The van der Waals surface area contributed by atoms with Crippen LogP contribution in [-0.2, 0) is 14.3 Å². The maximum Gasteiger partial charge on any atom is 0.407 e. The highest BCUT2D eigenvalue weighted by Gasteiger charge is 2.27. The molecule has 1 saturated heterocycles. The van der Waals surface area contributed by atoms with Gasteiger partial charge in [0.1, 0.15) is 17.9 Å². The monoisotopic (exact) mass is 437 g/mol. The van der Waals surface area contributed by atoms with Crippen LogP contribution in [-0.4, -0.2) is 60.4 Å². The van der Waals surface area contributed by atoms with Crippen LogP contribution in [0.5, 0.6) is 0 Å². The summed E-state index contributed by atoms with van der Waals surface area (Å²) in [5, 5.41) is 6.98. The molecule has 1 aliphatic rings. The Morgan fingerprint density at radius 3 is 2.87 bits per heavy atom. The number of hydrogen-bond acceptors (Lipinski definition) is 6. The van der Waals surface area contributed by atoms with Crippen LogP contribution < -0.4 is 15.5 Å². The molecule has 1 unspecified atom stereocenters. The van der Waals surface area contributed by atoms with Crippen molar-refractivity contribution < 1.29 is 19.1 Å². The van der Waals surface area contributed by atoms with E-state index in [1.165, 1.54) is 7.11 Å². The van der Waals surface area contributed by atoms with E-state index in [-0.39, 0.29) is 18.6 Å². The molecule has 1 aliphatic heterocycles. The predicted molar refractivity (Wildman–Crippen MR) is 116 cm³/mol. The van der Waals surface area contributed by atoms with Crippen LogP contribution in [0.15, 0.2) is 12.4 Å². The van der Waals surface area contributed by atoms with Gasteiger partial charge in [0.15, 0.2) is 0 Å². The number of ether oxygens (including phenoxy) is 2. The lowest BCUT2D eigenvalue weighted by atomic mass is 10.0. The highest BCUT2D eigenvalue weighted by atomic mass is 35.5. The number of pyridine rings is 1. The average Bonchev–Trinajstić information content (AvgIpc) is 3.03. The average molecular weight is 438 g/mol. The van der Waals surface area contributed by atoms with Crippen LogP contribution in [0.4, 0.5) is 16.2 Å². The topological polar surface area (TPSA) is 109 Å². The van der Waals surface area contributed by atoms with Crippen molar-refractivity contribution in [1.82, 2.24) is 15.3 Å². The maximum atomic E-state index is 12.2. The fraction of sp³-hybridized carbons (Fsp3) is 0.550. The van der Waals surface area contributed by atoms with Crippen LogP contribution in [0.25, 0.3) is 11.0 Å². The molecule has 1 fully saturated rings. The molecular weight excluding hydrogens is 410 g/mol. The van der Waals surface area contributed by atoms with Gasteiger partial charge in [0.25, 0.3) is 0 Å². The Bertz CT molecular complexity index is 924. The summed E-state index contributed by atoms with van der Waals surface area (Å²) in [6, 6.07) is -0.0849. The van der Waals surface area contributed by atoms with E-state index in [4.69, 9.17) is 21.1 Å². The van der Waals surface area contributed by atoms with Gasteiger partial charge in [0, 0.05) is 32.4 Å². The summed E-state index contributed by atoms with van der Waals surface area (Å²) in [5.41, 5.74) is 1.41. The number of piperidine rings is 1. The molecule has 9 nitrogen and oxygen atoms in total. The van der Waals surface area contributed by atoms with Gasteiger partial charge < -0.3 is 30.0 Å². The standard InChI is InChI=1S/C20H28ClN5O4/c1-20(2,3)30-19(28)24-12-6-5-7-26(10-12)17-13(21)8-22-18-16(17)14(9-23-18)25-15(27)11-29-4/h8-9,12H,5-7,10-11H2,1-4H3,(H,22,23)(H,24,28)(H,25,27). The molecule has 1 atom stereocenters. The number of alkyl carbamates (subject to hydrolysis) is 1. The lowest BCUT2D eigenvalue weighted by Crippen LogP contribution is -2.49. The maximum absolute atomic E-state index is 12.2. The Kier molecular flexibility index (Phi) is 6.72. The number of hydrogen-bond donors (Lipinski definition) is 3. The SMILES string of the molecule is COCC(=O)Nc1c[nH]c2ncc(Cl)c(N3CCCC(NC(=O)OC(C)(C)C)C3)c12. The molecule has 0 aliphatic carbocycles. The summed E-state index contributed by atoms with van der Waals surface area (Å²) in [4.78, 5) is 33.7. The van der Waals surface area contributed by atoms with E-state index in [1.54, 1.807) is 12.4 Å². The molecule has 10 heteroatoms. The Hall–Kier alpha value is -2.52. The zero-order valence-corrected chi connectivity index (χ0v) is 18.4. The minimum absolute atomic E-state index is 0.0540. The minimum atomic E-state index is -0.556. The third-order valence-electron chi connectivity index (χ3n) is 4.64. The number of aromatic amines is 1. The first-order valence-electron chi connectivity index (χ1n) is 9.87. The summed E-state index contributed by atoms with van der Waals surface area (Å²) in [6.07, 6.45) is 4.55. The van der Waals surface area contributed by atoms with Gasteiger partial charge in [-0.05, 0) is 33.6 Å². The van der Waals surface area contributed by atoms with Gasteiger partial charge in [-0.25, -0.2) is 9.78 Å². The summed E-state index contributed by atoms with van der Waals surface area (Å²) in [6.45, 7) is 6.77. The number of rotatable bonds is 5.